The number of amides is 6. The van der Waals surface area contributed by atoms with Gasteiger partial charge in [0.15, 0.2) is 0 Å². The Labute approximate surface area is 331 Å². The molecule has 16 nitrogen and oxygen atoms in total. The number of carbonyl (C=O) groups is 6. The van der Waals surface area contributed by atoms with Gasteiger partial charge in [-0.1, -0.05) is 30.9 Å². The minimum atomic E-state index is -3.98. The highest BCUT2D eigenvalue weighted by Gasteiger charge is 2.62. The summed E-state index contributed by atoms with van der Waals surface area (Å²) in [5.74, 6) is -3.88. The number of allylic oxidation sites excluding steroid dienone is 1. The van der Waals surface area contributed by atoms with Crippen LogP contribution < -0.4 is 15.4 Å². The van der Waals surface area contributed by atoms with Crippen LogP contribution in [-0.4, -0.2) is 113 Å². The number of likely N-dealkylation sites (N-methyl/N-ethyl adjacent to an activating group) is 1. The number of fused-ring (bicyclic) bond motifs is 3. The Balaban J connectivity index is 1.32. The highest BCUT2D eigenvalue weighted by atomic mass is 32.2. The molecule has 18 heteroatoms. The molecule has 0 bridgehead atoms. The Kier molecular flexibility index (Phi) is 11.8. The SMILES string of the molecule is C=CC(=O)N(C)C1CCC/C=C\[C@@H]2C[C@@]2(C(=O)NS(=O)(=O)C2CC2)NC(=O)[C@@H]2C[C@@H](OC(=O)N3Cc4cccc(F)c4C3)CN2C(=O)[C@@H](NC(=O)OC(C)(C)C)C1. The van der Waals surface area contributed by atoms with E-state index in [1.807, 2.05) is 6.08 Å². The molecule has 6 amide bonds. The second-order valence-corrected chi connectivity index (χ2v) is 18.5. The van der Waals surface area contributed by atoms with E-state index in [2.05, 4.69) is 21.9 Å². The first-order chi connectivity index (χ1) is 26.8. The zero-order valence-electron chi connectivity index (χ0n) is 32.6. The Hall–Kier alpha value is -5.00. The third-order valence-electron chi connectivity index (χ3n) is 11.1. The molecule has 3 aliphatic heterocycles. The molecule has 1 saturated heterocycles. The van der Waals surface area contributed by atoms with Gasteiger partial charge in [-0.25, -0.2) is 22.4 Å². The summed E-state index contributed by atoms with van der Waals surface area (Å²) in [6.07, 6.45) is 3.96. The molecule has 2 saturated carbocycles. The fourth-order valence-corrected chi connectivity index (χ4v) is 9.10. The number of hydrogen-bond acceptors (Lipinski definition) is 10. The molecule has 0 spiro atoms. The largest absolute Gasteiger partial charge is 0.444 e. The molecule has 6 atom stereocenters. The molecule has 3 N–H and O–H groups in total. The summed E-state index contributed by atoms with van der Waals surface area (Å²) >= 11 is 0. The fourth-order valence-electron chi connectivity index (χ4n) is 7.74. The van der Waals surface area contributed by atoms with E-state index < -0.39 is 98.2 Å². The summed E-state index contributed by atoms with van der Waals surface area (Å²) in [6.45, 7) is 8.28. The number of benzene rings is 1. The monoisotopic (exact) mass is 814 g/mol. The summed E-state index contributed by atoms with van der Waals surface area (Å²) in [5.41, 5.74) is -1.61. The van der Waals surface area contributed by atoms with Crippen LogP contribution in [0.3, 0.4) is 0 Å². The molecular formula is C39H51FN6O10S. The maximum absolute atomic E-state index is 14.8. The summed E-state index contributed by atoms with van der Waals surface area (Å²) in [5, 5.41) is 4.71. The molecule has 0 radical (unpaired) electrons. The second kappa shape index (κ2) is 16.1. The summed E-state index contributed by atoms with van der Waals surface area (Å²) in [6, 6.07) is 1.25. The third kappa shape index (κ3) is 9.42. The number of halogens is 1. The second-order valence-electron chi connectivity index (χ2n) is 16.5. The number of sulfonamides is 1. The van der Waals surface area contributed by atoms with E-state index in [-0.39, 0.29) is 38.9 Å². The smallest absolute Gasteiger partial charge is 0.410 e. The van der Waals surface area contributed by atoms with Gasteiger partial charge in [-0.2, -0.15) is 0 Å². The van der Waals surface area contributed by atoms with Crippen molar-refractivity contribution in [3.63, 3.8) is 0 Å². The maximum Gasteiger partial charge on any atom is 0.410 e. The summed E-state index contributed by atoms with van der Waals surface area (Å²) in [7, 11) is -2.42. The van der Waals surface area contributed by atoms with Crippen LogP contribution in [0.5, 0.6) is 0 Å². The van der Waals surface area contributed by atoms with Gasteiger partial charge >= 0.3 is 12.2 Å². The lowest BCUT2D eigenvalue weighted by atomic mass is 9.98. The lowest BCUT2D eigenvalue weighted by molar-refractivity contribution is -0.141. The van der Waals surface area contributed by atoms with Crippen molar-refractivity contribution in [3.05, 3.63) is 60.0 Å². The zero-order valence-corrected chi connectivity index (χ0v) is 33.4. The number of ether oxygens (including phenoxy) is 2. The van der Waals surface area contributed by atoms with Crippen molar-refractivity contribution < 1.29 is 51.0 Å². The average molecular weight is 815 g/mol. The van der Waals surface area contributed by atoms with Gasteiger partial charge in [0.25, 0.3) is 5.91 Å². The van der Waals surface area contributed by atoms with Gasteiger partial charge in [0.05, 0.1) is 18.3 Å². The Morgan fingerprint density at radius 1 is 1.11 bits per heavy atom. The highest BCUT2D eigenvalue weighted by Crippen LogP contribution is 2.46. The number of alkyl carbamates (subject to hydrolysis) is 1. The van der Waals surface area contributed by atoms with E-state index in [4.69, 9.17) is 9.47 Å². The van der Waals surface area contributed by atoms with Gasteiger partial charge in [-0.3, -0.25) is 28.8 Å². The van der Waals surface area contributed by atoms with E-state index in [1.54, 1.807) is 46.0 Å². The summed E-state index contributed by atoms with van der Waals surface area (Å²) < 4.78 is 53.7. The normalized spacial score (nSPS) is 28.3. The van der Waals surface area contributed by atoms with Crippen LogP contribution in [-0.2, 0) is 51.8 Å². The van der Waals surface area contributed by atoms with Gasteiger partial charge in [0.1, 0.15) is 35.1 Å². The van der Waals surface area contributed by atoms with E-state index in [9.17, 15) is 41.6 Å². The topological polar surface area (TPSA) is 201 Å². The minimum absolute atomic E-state index is 0.0450. The van der Waals surface area contributed by atoms with Gasteiger partial charge in [-0.05, 0) is 83.4 Å². The van der Waals surface area contributed by atoms with E-state index in [0.717, 1.165) is 6.08 Å². The quantitative estimate of drug-likeness (QED) is 0.272. The van der Waals surface area contributed by atoms with Crippen LogP contribution in [0.2, 0.25) is 0 Å². The first kappa shape index (κ1) is 41.6. The lowest BCUT2D eigenvalue weighted by Gasteiger charge is -2.34. The Morgan fingerprint density at radius 3 is 2.51 bits per heavy atom. The summed E-state index contributed by atoms with van der Waals surface area (Å²) in [4.78, 5) is 86.4. The molecule has 0 aromatic heterocycles. The molecule has 57 heavy (non-hydrogen) atoms. The van der Waals surface area contributed by atoms with Crippen LogP contribution in [0.15, 0.2) is 43.0 Å². The van der Waals surface area contributed by atoms with Crippen molar-refractivity contribution in [1.29, 1.82) is 0 Å². The standard InChI is InChI=1S/C39H51FN6O10S/c1-6-32(47)44(5)25-13-9-7-8-12-24-19-39(24,35(50)43-57(53,54)27-15-16-27)42-33(48)31-18-26(55-37(52)45-20-23-11-10-14-29(40)28(23)22-45)21-46(31)34(49)30(17-25)41-36(51)56-38(2,3)4/h6,8,10-12,14,24-27,30-31H,1,7,9,13,15-22H2,2-5H3,(H,41,51)(H,42,48)(H,43,50)/b12-8-/t24-,25?,26-,30+,31+,39-/m1/s1. The van der Waals surface area contributed by atoms with E-state index in [0.29, 0.717) is 43.2 Å². The first-order valence-electron chi connectivity index (χ1n) is 19.3. The molecule has 310 valence electrons. The van der Waals surface area contributed by atoms with E-state index >= 15 is 0 Å². The van der Waals surface area contributed by atoms with Gasteiger partial charge in [-0.15, -0.1) is 0 Å². The average Bonchev–Trinajstić information content (AvgIpc) is 4.02. The molecule has 1 unspecified atom stereocenters. The molecule has 1 aromatic carbocycles. The van der Waals surface area contributed by atoms with Crippen molar-refractivity contribution in [3.8, 4) is 0 Å². The predicted molar refractivity (Wildman–Crippen MR) is 203 cm³/mol. The molecule has 5 aliphatic rings. The maximum atomic E-state index is 14.8. The lowest BCUT2D eigenvalue weighted by Crippen LogP contribution is -2.59. The minimum Gasteiger partial charge on any atom is -0.444 e. The Bertz CT molecular complexity index is 1970. The molecule has 3 fully saturated rings. The van der Waals surface area contributed by atoms with Crippen LogP contribution in [0.4, 0.5) is 14.0 Å². The van der Waals surface area contributed by atoms with Crippen molar-refractivity contribution in [2.24, 2.45) is 5.92 Å². The molecule has 6 rings (SSSR count). The molecule has 2 aliphatic carbocycles. The van der Waals surface area contributed by atoms with Crippen LogP contribution in [0.25, 0.3) is 0 Å². The molecule has 3 heterocycles. The highest BCUT2D eigenvalue weighted by molar-refractivity contribution is 7.91. The third-order valence-corrected chi connectivity index (χ3v) is 12.9. The van der Waals surface area contributed by atoms with Gasteiger partial charge in [0, 0.05) is 37.5 Å². The number of hydrogen-bond donors (Lipinski definition) is 3. The number of nitrogens with zero attached hydrogens (tertiary/aromatic N) is 3. The van der Waals surface area contributed by atoms with Gasteiger partial charge < -0.3 is 29.9 Å². The van der Waals surface area contributed by atoms with Crippen molar-refractivity contribution >= 4 is 45.8 Å². The first-order valence-corrected chi connectivity index (χ1v) is 20.8. The van der Waals surface area contributed by atoms with Crippen molar-refractivity contribution in [2.45, 2.75) is 126 Å². The van der Waals surface area contributed by atoms with Crippen LogP contribution >= 0.6 is 0 Å². The zero-order chi connectivity index (χ0) is 41.4. The van der Waals surface area contributed by atoms with Crippen LogP contribution in [0.1, 0.15) is 83.3 Å². The van der Waals surface area contributed by atoms with Gasteiger partial charge in [0.2, 0.25) is 27.7 Å². The van der Waals surface area contributed by atoms with Crippen molar-refractivity contribution in [2.75, 3.05) is 13.6 Å². The predicted octanol–water partition coefficient (Wildman–Crippen LogP) is 2.77. The number of carbonyl (C=O) groups excluding carboxylic acids is 6. The van der Waals surface area contributed by atoms with E-state index in [1.165, 1.54) is 20.8 Å². The fraction of sp³-hybridized carbons (Fsp3) is 0.590. The number of rotatable bonds is 7. The Morgan fingerprint density at radius 2 is 1.84 bits per heavy atom. The van der Waals surface area contributed by atoms with Crippen molar-refractivity contribution in [1.82, 2.24) is 30.1 Å². The molecular weight excluding hydrogens is 764 g/mol. The molecule has 1 aromatic rings. The number of nitrogens with one attached hydrogen (secondary N) is 3. The van der Waals surface area contributed by atoms with Crippen LogP contribution in [0, 0.1) is 11.7 Å².